The third kappa shape index (κ3) is 5.32. The van der Waals surface area contributed by atoms with Gasteiger partial charge in [0.1, 0.15) is 5.82 Å². The van der Waals surface area contributed by atoms with Gasteiger partial charge in [-0.2, -0.15) is 5.26 Å². The van der Waals surface area contributed by atoms with E-state index in [1.807, 2.05) is 42.2 Å². The first-order valence-corrected chi connectivity index (χ1v) is 14.7. The standard InChI is InChI=1S/C31H26Cl3N3OS/c1-17-12-18(2)23(13-19(17)16-39-22-9-6-20(32)7-10-22)29-24(15-35)31(36)37(21-8-11-25(33)26(34)14-21)27-4-3-5-28(38)30(27)29/h6-14,29H,3-5,16,36H2,1-2H3. The van der Waals surface area contributed by atoms with Crippen LogP contribution in [0, 0.1) is 25.2 Å². The molecule has 3 aromatic rings. The summed E-state index contributed by atoms with van der Waals surface area (Å²) in [5, 5.41) is 11.9. The molecule has 0 fully saturated rings. The highest BCUT2D eigenvalue weighted by atomic mass is 35.5. The van der Waals surface area contributed by atoms with Gasteiger partial charge in [-0.25, -0.2) is 0 Å². The molecule has 5 rings (SSSR count). The number of benzene rings is 3. The van der Waals surface area contributed by atoms with E-state index in [0.29, 0.717) is 57.0 Å². The summed E-state index contributed by atoms with van der Waals surface area (Å²) in [6, 6.07) is 19.6. The quantitative estimate of drug-likeness (QED) is 0.299. The van der Waals surface area contributed by atoms with Crippen LogP contribution in [0.1, 0.15) is 47.4 Å². The molecule has 8 heteroatoms. The van der Waals surface area contributed by atoms with Crippen LogP contribution in [0.2, 0.25) is 15.1 Å². The van der Waals surface area contributed by atoms with Crippen molar-refractivity contribution in [1.29, 1.82) is 5.26 Å². The molecule has 0 saturated carbocycles. The van der Waals surface area contributed by atoms with Crippen molar-refractivity contribution in [1.82, 2.24) is 0 Å². The maximum Gasteiger partial charge on any atom is 0.161 e. The second kappa shape index (κ2) is 11.3. The van der Waals surface area contributed by atoms with Gasteiger partial charge in [0.05, 0.1) is 27.6 Å². The predicted octanol–water partition coefficient (Wildman–Crippen LogP) is 8.86. The Morgan fingerprint density at radius 1 is 1.00 bits per heavy atom. The predicted molar refractivity (Wildman–Crippen MR) is 161 cm³/mol. The van der Waals surface area contributed by atoms with E-state index in [4.69, 9.17) is 40.5 Å². The summed E-state index contributed by atoms with van der Waals surface area (Å²) in [5.74, 6) is 0.566. The molecule has 3 aromatic carbocycles. The summed E-state index contributed by atoms with van der Waals surface area (Å²) in [6.07, 6.45) is 1.82. The lowest BCUT2D eigenvalue weighted by atomic mass is 9.74. The monoisotopic (exact) mass is 593 g/mol. The van der Waals surface area contributed by atoms with Gasteiger partial charge < -0.3 is 5.73 Å². The number of Topliss-reactive ketones (excluding diaryl/α,β-unsaturated/α-hetero) is 1. The first kappa shape index (κ1) is 27.7. The number of nitriles is 1. The van der Waals surface area contributed by atoms with Gasteiger partial charge in [0.25, 0.3) is 0 Å². The molecule has 0 spiro atoms. The third-order valence-corrected chi connectivity index (χ3v) is 9.37. The number of hydrogen-bond acceptors (Lipinski definition) is 5. The maximum absolute atomic E-state index is 13.6. The van der Waals surface area contributed by atoms with Crippen molar-refractivity contribution in [3.05, 3.63) is 115 Å². The van der Waals surface area contributed by atoms with Gasteiger partial charge >= 0.3 is 0 Å². The first-order valence-electron chi connectivity index (χ1n) is 12.6. The number of anilines is 1. The number of carbonyl (C=O) groups is 1. The highest BCUT2D eigenvalue weighted by Crippen LogP contribution is 2.48. The van der Waals surface area contributed by atoms with E-state index in [-0.39, 0.29) is 5.78 Å². The minimum atomic E-state index is -0.531. The van der Waals surface area contributed by atoms with Crippen molar-refractivity contribution in [3.8, 4) is 6.07 Å². The first-order chi connectivity index (χ1) is 18.7. The van der Waals surface area contributed by atoms with Crippen LogP contribution in [0.3, 0.4) is 0 Å². The Morgan fingerprint density at radius 2 is 1.74 bits per heavy atom. The van der Waals surface area contributed by atoms with Gasteiger partial charge in [-0.15, -0.1) is 11.8 Å². The van der Waals surface area contributed by atoms with Crippen LogP contribution in [0.25, 0.3) is 0 Å². The molecule has 0 aromatic heterocycles. The summed E-state index contributed by atoms with van der Waals surface area (Å²) in [5.41, 5.74) is 13.5. The fourth-order valence-corrected chi connectivity index (χ4v) is 6.77. The number of nitrogens with two attached hydrogens (primary N) is 1. The maximum atomic E-state index is 13.6. The molecule has 198 valence electrons. The van der Waals surface area contributed by atoms with E-state index in [1.54, 1.807) is 23.9 Å². The topological polar surface area (TPSA) is 70.1 Å². The zero-order valence-electron chi connectivity index (χ0n) is 21.5. The van der Waals surface area contributed by atoms with Crippen LogP contribution in [-0.2, 0) is 10.5 Å². The highest BCUT2D eigenvalue weighted by molar-refractivity contribution is 7.98. The van der Waals surface area contributed by atoms with Crippen LogP contribution in [0.5, 0.6) is 0 Å². The number of aryl methyl sites for hydroxylation is 2. The minimum absolute atomic E-state index is 0.0450. The second-order valence-corrected chi connectivity index (χ2v) is 12.1. The molecular weight excluding hydrogens is 569 g/mol. The van der Waals surface area contributed by atoms with E-state index in [0.717, 1.165) is 38.6 Å². The molecule has 2 aliphatic rings. The number of carbonyl (C=O) groups excluding carboxylic acids is 1. The molecule has 0 bridgehead atoms. The molecule has 1 unspecified atom stereocenters. The Hall–Kier alpha value is -2.88. The molecule has 1 aliphatic carbocycles. The molecule has 2 N–H and O–H groups in total. The second-order valence-electron chi connectivity index (χ2n) is 9.79. The number of thioether (sulfide) groups is 1. The lowest BCUT2D eigenvalue weighted by Crippen LogP contribution is -2.39. The van der Waals surface area contributed by atoms with Gasteiger partial charge in [0, 0.05) is 39.0 Å². The summed E-state index contributed by atoms with van der Waals surface area (Å²) in [6.45, 7) is 4.12. The van der Waals surface area contributed by atoms with Gasteiger partial charge in [0.15, 0.2) is 5.78 Å². The molecular formula is C31H26Cl3N3OS. The molecule has 0 saturated heterocycles. The average Bonchev–Trinajstić information content (AvgIpc) is 2.90. The summed E-state index contributed by atoms with van der Waals surface area (Å²) in [7, 11) is 0. The molecule has 1 atom stereocenters. The van der Waals surface area contributed by atoms with Crippen LogP contribution in [0.15, 0.2) is 82.2 Å². The van der Waals surface area contributed by atoms with Gasteiger partial charge in [0.2, 0.25) is 0 Å². The van der Waals surface area contributed by atoms with E-state index < -0.39 is 5.92 Å². The van der Waals surface area contributed by atoms with Crippen molar-refractivity contribution >= 4 is 58.0 Å². The lowest BCUT2D eigenvalue weighted by molar-refractivity contribution is -0.116. The van der Waals surface area contributed by atoms with Crippen molar-refractivity contribution < 1.29 is 4.79 Å². The summed E-state index contributed by atoms with van der Waals surface area (Å²) in [4.78, 5) is 16.5. The Morgan fingerprint density at radius 3 is 2.44 bits per heavy atom. The Balaban J connectivity index is 1.62. The van der Waals surface area contributed by atoms with E-state index in [2.05, 4.69) is 25.1 Å². The molecule has 0 radical (unpaired) electrons. The van der Waals surface area contributed by atoms with Crippen molar-refractivity contribution in [2.24, 2.45) is 5.73 Å². The number of allylic oxidation sites excluding steroid dienone is 3. The van der Waals surface area contributed by atoms with Crippen LogP contribution < -0.4 is 10.6 Å². The SMILES string of the molecule is Cc1cc(C)c(C2C(C#N)=C(N)N(c3ccc(Cl)c(Cl)c3)C3=C2C(=O)CCC3)cc1CSc1ccc(Cl)cc1. The van der Waals surface area contributed by atoms with Gasteiger partial charge in [-0.3, -0.25) is 9.69 Å². The Kier molecular flexibility index (Phi) is 8.03. The summed E-state index contributed by atoms with van der Waals surface area (Å²) >= 11 is 20.3. The molecule has 39 heavy (non-hydrogen) atoms. The third-order valence-electron chi connectivity index (χ3n) is 7.32. The van der Waals surface area contributed by atoms with Crippen molar-refractivity contribution in [3.63, 3.8) is 0 Å². The van der Waals surface area contributed by atoms with Crippen LogP contribution in [-0.4, -0.2) is 5.78 Å². The Bertz CT molecular complexity index is 1590. The normalized spacial score (nSPS) is 17.4. The van der Waals surface area contributed by atoms with Crippen LogP contribution in [0.4, 0.5) is 5.69 Å². The molecule has 0 amide bonds. The minimum Gasteiger partial charge on any atom is -0.384 e. The summed E-state index contributed by atoms with van der Waals surface area (Å²) < 4.78 is 0. The zero-order valence-corrected chi connectivity index (χ0v) is 24.6. The Labute approximate surface area is 248 Å². The lowest BCUT2D eigenvalue weighted by Gasteiger charge is -2.40. The smallest absolute Gasteiger partial charge is 0.161 e. The van der Waals surface area contributed by atoms with Crippen molar-refractivity contribution in [2.75, 3.05) is 4.90 Å². The number of ketones is 1. The largest absolute Gasteiger partial charge is 0.384 e. The van der Waals surface area contributed by atoms with Crippen LogP contribution >= 0.6 is 46.6 Å². The molecule has 1 heterocycles. The highest BCUT2D eigenvalue weighted by Gasteiger charge is 2.41. The van der Waals surface area contributed by atoms with Gasteiger partial charge in [-0.1, -0.05) is 46.9 Å². The van der Waals surface area contributed by atoms with E-state index in [9.17, 15) is 10.1 Å². The number of nitrogens with zero attached hydrogens (tertiary/aromatic N) is 2. The number of hydrogen-bond donors (Lipinski definition) is 1. The molecule has 4 nitrogen and oxygen atoms in total. The fourth-order valence-electron chi connectivity index (χ4n) is 5.39. The molecule has 1 aliphatic heterocycles. The van der Waals surface area contributed by atoms with E-state index in [1.165, 1.54) is 0 Å². The van der Waals surface area contributed by atoms with Crippen molar-refractivity contribution in [2.45, 2.75) is 49.7 Å². The number of rotatable bonds is 5. The van der Waals surface area contributed by atoms with E-state index >= 15 is 0 Å². The number of halogens is 3. The van der Waals surface area contributed by atoms with Gasteiger partial charge in [-0.05, 0) is 91.4 Å². The zero-order chi connectivity index (χ0) is 27.8. The fraction of sp³-hybridized carbons (Fsp3) is 0.226. The average molecular weight is 595 g/mol.